The molecule has 0 amide bonds. The minimum Gasteiger partial charge on any atom is -0.382 e. The normalized spacial score (nSPS) is 12.2. The molecule has 23 heavy (non-hydrogen) atoms. The highest BCUT2D eigenvalue weighted by molar-refractivity contribution is 6.36. The van der Waals surface area contributed by atoms with Gasteiger partial charge in [-0.25, -0.2) is 14.8 Å². The Morgan fingerprint density at radius 3 is 2.87 bits per heavy atom. The van der Waals surface area contributed by atoms with Crippen molar-refractivity contribution >= 4 is 30.7 Å². The molecule has 2 aromatic heterocycles. The zero-order valence-corrected chi connectivity index (χ0v) is 12.4. The van der Waals surface area contributed by atoms with E-state index in [2.05, 4.69) is 15.4 Å². The number of fused-ring (bicyclic) bond motifs is 1. The molecular formula is C15H14BN5O2. The van der Waals surface area contributed by atoms with E-state index in [-0.39, 0.29) is 11.4 Å². The third-order valence-corrected chi connectivity index (χ3v) is 3.36. The van der Waals surface area contributed by atoms with E-state index in [1.165, 1.54) is 0 Å². The summed E-state index contributed by atoms with van der Waals surface area (Å²) >= 11 is 0. The predicted octanol–water partition coefficient (Wildman–Crippen LogP) is 0.528. The predicted molar refractivity (Wildman–Crippen MR) is 86.2 cm³/mol. The molecular weight excluding hydrogens is 293 g/mol. The van der Waals surface area contributed by atoms with Crippen LogP contribution < -0.4 is 16.8 Å². The summed E-state index contributed by atoms with van der Waals surface area (Å²) in [5.74, 6) is 0.372. The van der Waals surface area contributed by atoms with E-state index >= 15 is 0 Å². The van der Waals surface area contributed by atoms with Gasteiger partial charge in [0.2, 0.25) is 0 Å². The van der Waals surface area contributed by atoms with E-state index in [1.807, 2.05) is 6.07 Å². The fourth-order valence-electron chi connectivity index (χ4n) is 2.25. The smallest absolute Gasteiger partial charge is 0.356 e. The average Bonchev–Trinajstić information content (AvgIpc) is 2.91. The number of anilines is 1. The van der Waals surface area contributed by atoms with Gasteiger partial charge in [-0.2, -0.15) is 0 Å². The van der Waals surface area contributed by atoms with Crippen LogP contribution in [0.3, 0.4) is 0 Å². The van der Waals surface area contributed by atoms with Gasteiger partial charge in [0.15, 0.2) is 0 Å². The first kappa shape index (κ1) is 15.0. The molecule has 0 aliphatic carbocycles. The van der Waals surface area contributed by atoms with Crippen LogP contribution in [0.1, 0.15) is 29.1 Å². The number of nitrogens with one attached hydrogen (secondary N) is 1. The number of hydrogen-bond donors (Lipinski definition) is 2. The number of imidazole rings is 1. The Morgan fingerprint density at radius 1 is 1.39 bits per heavy atom. The molecule has 7 nitrogen and oxygen atoms in total. The molecule has 0 aliphatic heterocycles. The standard InChI is InChI=1S/C15H14BN5O2/c1-9(20-23-15(22)10-5-3-2-4-6-10)14-19-12(16)11-13(17)18-7-8-21(11)14/h2-9,20H,1H3,(H2,17,18)/t9-/m0/s1. The van der Waals surface area contributed by atoms with Gasteiger partial charge >= 0.3 is 5.97 Å². The van der Waals surface area contributed by atoms with Crippen molar-refractivity contribution in [2.24, 2.45) is 0 Å². The van der Waals surface area contributed by atoms with Gasteiger partial charge in [-0.1, -0.05) is 18.2 Å². The maximum absolute atomic E-state index is 11.9. The average molecular weight is 307 g/mol. The van der Waals surface area contributed by atoms with Crippen molar-refractivity contribution in [3.63, 3.8) is 0 Å². The number of carbonyl (C=O) groups is 1. The lowest BCUT2D eigenvalue weighted by Gasteiger charge is -2.12. The van der Waals surface area contributed by atoms with Gasteiger partial charge < -0.3 is 10.6 Å². The summed E-state index contributed by atoms with van der Waals surface area (Å²) in [5.41, 5.74) is 9.74. The van der Waals surface area contributed by atoms with Gasteiger partial charge in [-0.3, -0.25) is 4.40 Å². The SMILES string of the molecule is [B]c1nc([C@H](C)NOC(=O)c2ccccc2)n2ccnc(N)c12. The van der Waals surface area contributed by atoms with E-state index in [4.69, 9.17) is 18.4 Å². The molecule has 2 heterocycles. The van der Waals surface area contributed by atoms with Crippen molar-refractivity contribution in [2.75, 3.05) is 5.73 Å². The minimum atomic E-state index is -0.479. The molecule has 3 N–H and O–H groups in total. The largest absolute Gasteiger partial charge is 0.382 e. The Balaban J connectivity index is 1.78. The highest BCUT2D eigenvalue weighted by Gasteiger charge is 2.18. The first-order valence-corrected chi connectivity index (χ1v) is 6.97. The lowest BCUT2D eigenvalue weighted by molar-refractivity contribution is 0.0161. The van der Waals surface area contributed by atoms with Crippen LogP contribution in [-0.2, 0) is 4.84 Å². The molecule has 0 bridgehead atoms. The van der Waals surface area contributed by atoms with Crippen LogP contribution in [-0.4, -0.2) is 28.2 Å². The number of rotatable bonds is 4. The van der Waals surface area contributed by atoms with E-state index in [1.54, 1.807) is 48.0 Å². The van der Waals surface area contributed by atoms with Crippen molar-refractivity contribution < 1.29 is 9.63 Å². The number of nitrogens with zero attached hydrogens (tertiary/aromatic N) is 3. The second-order valence-corrected chi connectivity index (χ2v) is 4.98. The quantitative estimate of drug-likeness (QED) is 0.539. The van der Waals surface area contributed by atoms with Gasteiger partial charge in [0.25, 0.3) is 0 Å². The monoisotopic (exact) mass is 307 g/mol. The lowest BCUT2D eigenvalue weighted by Crippen LogP contribution is -2.25. The lowest BCUT2D eigenvalue weighted by atomic mass is 10.0. The third kappa shape index (κ3) is 2.88. The molecule has 1 atom stereocenters. The molecule has 0 unspecified atom stereocenters. The summed E-state index contributed by atoms with van der Waals surface area (Å²) in [6, 6.07) is 8.30. The van der Waals surface area contributed by atoms with Gasteiger partial charge in [-0.15, -0.1) is 5.48 Å². The first-order valence-electron chi connectivity index (χ1n) is 6.97. The van der Waals surface area contributed by atoms with Gasteiger partial charge in [0, 0.05) is 18.0 Å². The second kappa shape index (κ2) is 6.09. The molecule has 0 spiro atoms. The number of nitrogen functional groups attached to an aromatic ring is 1. The highest BCUT2D eigenvalue weighted by atomic mass is 16.7. The maximum atomic E-state index is 11.9. The Hall–Kier alpha value is -2.87. The Bertz CT molecular complexity index is 850. The molecule has 3 aromatic rings. The number of carbonyl (C=O) groups excluding carboxylic acids is 1. The van der Waals surface area contributed by atoms with Crippen LogP contribution >= 0.6 is 0 Å². The van der Waals surface area contributed by atoms with Crippen LogP contribution in [0.25, 0.3) is 5.52 Å². The highest BCUT2D eigenvalue weighted by Crippen LogP contribution is 2.15. The Kier molecular flexibility index (Phi) is 3.99. The molecule has 0 saturated carbocycles. The summed E-state index contributed by atoms with van der Waals surface area (Å²) in [4.78, 5) is 25.3. The summed E-state index contributed by atoms with van der Waals surface area (Å²) in [7, 11) is 5.88. The second-order valence-electron chi connectivity index (χ2n) is 4.98. The molecule has 0 aliphatic rings. The van der Waals surface area contributed by atoms with Crippen LogP contribution in [0.2, 0.25) is 0 Å². The number of hydroxylamine groups is 1. The zero-order valence-electron chi connectivity index (χ0n) is 12.4. The molecule has 0 saturated heterocycles. The Morgan fingerprint density at radius 2 is 2.13 bits per heavy atom. The Labute approximate surface area is 133 Å². The van der Waals surface area contributed by atoms with Crippen LogP contribution in [0.15, 0.2) is 42.7 Å². The number of nitrogens with two attached hydrogens (primary N) is 1. The molecule has 3 rings (SSSR count). The van der Waals surface area contributed by atoms with Crippen molar-refractivity contribution in [3.8, 4) is 0 Å². The fraction of sp³-hybridized carbons (Fsp3) is 0.133. The number of aromatic nitrogens is 3. The molecule has 0 fully saturated rings. The van der Waals surface area contributed by atoms with E-state index in [9.17, 15) is 4.79 Å². The molecule has 2 radical (unpaired) electrons. The van der Waals surface area contributed by atoms with Gasteiger partial charge in [-0.05, 0) is 19.1 Å². The van der Waals surface area contributed by atoms with E-state index in [0.717, 1.165) is 0 Å². The van der Waals surface area contributed by atoms with Gasteiger partial charge in [0.1, 0.15) is 19.5 Å². The van der Waals surface area contributed by atoms with Crippen molar-refractivity contribution in [2.45, 2.75) is 13.0 Å². The number of hydrogen-bond acceptors (Lipinski definition) is 6. The van der Waals surface area contributed by atoms with Crippen molar-refractivity contribution in [1.82, 2.24) is 19.8 Å². The number of benzene rings is 1. The van der Waals surface area contributed by atoms with Gasteiger partial charge in [0.05, 0.1) is 17.1 Å². The maximum Gasteiger partial charge on any atom is 0.356 e. The van der Waals surface area contributed by atoms with Crippen molar-refractivity contribution in [1.29, 1.82) is 0 Å². The van der Waals surface area contributed by atoms with Crippen LogP contribution in [0.5, 0.6) is 0 Å². The van der Waals surface area contributed by atoms with Crippen molar-refractivity contribution in [3.05, 3.63) is 54.1 Å². The topological polar surface area (TPSA) is 94.5 Å². The van der Waals surface area contributed by atoms with Crippen LogP contribution in [0, 0.1) is 0 Å². The summed E-state index contributed by atoms with van der Waals surface area (Å²) in [5, 5.41) is 0. The molecule has 114 valence electrons. The summed E-state index contributed by atoms with van der Waals surface area (Å²) in [6.07, 6.45) is 3.25. The third-order valence-electron chi connectivity index (χ3n) is 3.36. The fourth-order valence-corrected chi connectivity index (χ4v) is 2.25. The van der Waals surface area contributed by atoms with E-state index in [0.29, 0.717) is 16.9 Å². The first-order chi connectivity index (χ1) is 11.1. The molecule has 8 heteroatoms. The zero-order chi connectivity index (χ0) is 16.4. The van der Waals surface area contributed by atoms with E-state index < -0.39 is 12.0 Å². The molecule has 1 aromatic carbocycles. The van der Waals surface area contributed by atoms with Crippen LogP contribution in [0.4, 0.5) is 5.82 Å². The minimum absolute atomic E-state index is 0.272. The summed E-state index contributed by atoms with van der Waals surface area (Å²) in [6.45, 7) is 1.79. The summed E-state index contributed by atoms with van der Waals surface area (Å²) < 4.78 is 1.71.